The van der Waals surface area contributed by atoms with Gasteiger partial charge in [0.05, 0.1) is 5.52 Å². The Morgan fingerprint density at radius 1 is 1.33 bits per heavy atom. The number of rotatable bonds is 7. The van der Waals surface area contributed by atoms with Gasteiger partial charge in [0.1, 0.15) is 4.90 Å². The largest absolute Gasteiger partial charge is 0.398 e. The van der Waals surface area contributed by atoms with E-state index in [-0.39, 0.29) is 4.90 Å². The summed E-state index contributed by atoms with van der Waals surface area (Å²) in [4.78, 5) is 4.28. The van der Waals surface area contributed by atoms with Gasteiger partial charge in [-0.1, -0.05) is 0 Å². The van der Waals surface area contributed by atoms with E-state index in [0.29, 0.717) is 42.8 Å². The summed E-state index contributed by atoms with van der Waals surface area (Å²) in [6.45, 7) is 3.37. The number of anilines is 1. The first kappa shape index (κ1) is 15.7. The number of sulfonamides is 1. The Bertz CT molecular complexity index is 716. The summed E-state index contributed by atoms with van der Waals surface area (Å²) in [5.41, 5.74) is 6.74. The molecule has 0 amide bonds. The van der Waals surface area contributed by atoms with E-state index in [9.17, 15) is 8.42 Å². The Morgan fingerprint density at radius 3 is 2.90 bits per heavy atom. The van der Waals surface area contributed by atoms with Crippen molar-refractivity contribution in [2.75, 3.05) is 25.5 Å². The van der Waals surface area contributed by atoms with Crippen molar-refractivity contribution in [1.82, 2.24) is 9.71 Å². The van der Waals surface area contributed by atoms with Crippen LogP contribution in [0.3, 0.4) is 0 Å². The molecule has 0 bridgehead atoms. The van der Waals surface area contributed by atoms with Gasteiger partial charge in [-0.2, -0.15) is 0 Å². The molecule has 0 aliphatic carbocycles. The van der Waals surface area contributed by atoms with Gasteiger partial charge in [0, 0.05) is 37.0 Å². The van der Waals surface area contributed by atoms with Crippen LogP contribution in [0.5, 0.6) is 0 Å². The maximum absolute atomic E-state index is 12.4. The first-order valence-corrected chi connectivity index (χ1v) is 8.25. The Kier molecular flexibility index (Phi) is 5.11. The minimum atomic E-state index is -3.61. The fraction of sp³-hybridized carbons (Fsp3) is 0.357. The van der Waals surface area contributed by atoms with Crippen molar-refractivity contribution in [3.05, 3.63) is 30.5 Å². The van der Waals surface area contributed by atoms with E-state index in [1.165, 1.54) is 6.07 Å². The molecular weight excluding hydrogens is 290 g/mol. The first-order valence-electron chi connectivity index (χ1n) is 6.77. The van der Waals surface area contributed by atoms with Crippen LogP contribution in [0.4, 0.5) is 5.69 Å². The average molecular weight is 309 g/mol. The third-order valence-electron chi connectivity index (χ3n) is 3.02. The van der Waals surface area contributed by atoms with Gasteiger partial charge in [-0.15, -0.1) is 0 Å². The van der Waals surface area contributed by atoms with E-state index >= 15 is 0 Å². The van der Waals surface area contributed by atoms with Crippen molar-refractivity contribution >= 4 is 26.6 Å². The third kappa shape index (κ3) is 3.69. The minimum absolute atomic E-state index is 0.142. The average Bonchev–Trinajstić information content (AvgIpc) is 2.47. The van der Waals surface area contributed by atoms with Gasteiger partial charge in [0.2, 0.25) is 10.0 Å². The van der Waals surface area contributed by atoms with Gasteiger partial charge >= 0.3 is 0 Å². The van der Waals surface area contributed by atoms with Gasteiger partial charge in [0.15, 0.2) is 0 Å². The Labute approximate surface area is 124 Å². The van der Waals surface area contributed by atoms with Crippen LogP contribution >= 0.6 is 0 Å². The van der Waals surface area contributed by atoms with E-state index in [4.69, 9.17) is 10.5 Å². The fourth-order valence-electron chi connectivity index (χ4n) is 1.99. The predicted octanol–water partition coefficient (Wildman–Crippen LogP) is 1.52. The van der Waals surface area contributed by atoms with Crippen LogP contribution < -0.4 is 10.5 Å². The number of fused-ring (bicyclic) bond motifs is 1. The number of hydrogen-bond donors (Lipinski definition) is 2. The molecule has 1 heterocycles. The van der Waals surface area contributed by atoms with Crippen LogP contribution in [0.25, 0.3) is 10.9 Å². The minimum Gasteiger partial charge on any atom is -0.398 e. The summed E-state index contributed by atoms with van der Waals surface area (Å²) in [5.74, 6) is 0. The lowest BCUT2D eigenvalue weighted by Crippen LogP contribution is -2.26. The lowest BCUT2D eigenvalue weighted by atomic mass is 10.2. The number of aromatic nitrogens is 1. The quantitative estimate of drug-likeness (QED) is 0.597. The highest BCUT2D eigenvalue weighted by Crippen LogP contribution is 2.25. The van der Waals surface area contributed by atoms with Crippen molar-refractivity contribution in [3.63, 3.8) is 0 Å². The molecule has 114 valence electrons. The van der Waals surface area contributed by atoms with Crippen molar-refractivity contribution < 1.29 is 13.2 Å². The number of pyridine rings is 1. The summed E-state index contributed by atoms with van der Waals surface area (Å²) in [6.07, 6.45) is 2.17. The molecule has 7 heteroatoms. The molecule has 0 spiro atoms. The van der Waals surface area contributed by atoms with Crippen molar-refractivity contribution in [1.29, 1.82) is 0 Å². The van der Waals surface area contributed by atoms with Crippen molar-refractivity contribution in [2.24, 2.45) is 0 Å². The molecule has 2 aromatic rings. The van der Waals surface area contributed by atoms with Crippen LogP contribution in [0.2, 0.25) is 0 Å². The highest BCUT2D eigenvalue weighted by molar-refractivity contribution is 7.89. The third-order valence-corrected chi connectivity index (χ3v) is 4.51. The molecule has 0 saturated carbocycles. The number of benzene rings is 1. The highest BCUT2D eigenvalue weighted by atomic mass is 32.2. The lowest BCUT2D eigenvalue weighted by molar-refractivity contribution is 0.146. The predicted molar refractivity (Wildman–Crippen MR) is 82.5 cm³/mol. The smallest absolute Gasteiger partial charge is 0.242 e. The Morgan fingerprint density at radius 2 is 2.14 bits per heavy atom. The molecule has 21 heavy (non-hydrogen) atoms. The zero-order valence-corrected chi connectivity index (χ0v) is 12.7. The molecule has 0 unspecified atom stereocenters. The highest BCUT2D eigenvalue weighted by Gasteiger charge is 2.18. The second kappa shape index (κ2) is 6.84. The normalized spacial score (nSPS) is 11.9. The van der Waals surface area contributed by atoms with E-state index < -0.39 is 10.0 Å². The number of nitrogens with two attached hydrogens (primary N) is 1. The molecule has 2 rings (SSSR count). The zero-order chi connectivity index (χ0) is 15.3. The van der Waals surface area contributed by atoms with Crippen LogP contribution in [-0.2, 0) is 14.8 Å². The summed E-state index contributed by atoms with van der Waals surface area (Å²) in [5, 5.41) is 0.634. The van der Waals surface area contributed by atoms with Crippen LogP contribution in [0.1, 0.15) is 13.3 Å². The van der Waals surface area contributed by atoms with E-state index in [1.54, 1.807) is 24.4 Å². The topological polar surface area (TPSA) is 94.3 Å². The molecule has 1 aromatic carbocycles. The number of ether oxygens (including phenoxy) is 1. The SMILES string of the molecule is CCOCCCNS(=O)(=O)c1ccc(N)c2cccnc12. The molecular formula is C14H19N3O3S. The first-order chi connectivity index (χ1) is 10.1. The van der Waals surface area contributed by atoms with Gasteiger partial charge < -0.3 is 10.5 Å². The molecule has 0 radical (unpaired) electrons. The van der Waals surface area contributed by atoms with Crippen LogP contribution in [0.15, 0.2) is 35.4 Å². The van der Waals surface area contributed by atoms with Gasteiger partial charge in [-0.05, 0) is 37.6 Å². The summed E-state index contributed by atoms with van der Waals surface area (Å²) < 4.78 is 32.4. The van der Waals surface area contributed by atoms with Gasteiger partial charge in [-0.3, -0.25) is 4.98 Å². The molecule has 3 N–H and O–H groups in total. The summed E-state index contributed by atoms with van der Waals surface area (Å²) in [7, 11) is -3.61. The lowest BCUT2D eigenvalue weighted by Gasteiger charge is -2.10. The number of nitrogen functional groups attached to an aromatic ring is 1. The van der Waals surface area contributed by atoms with Gasteiger partial charge in [-0.25, -0.2) is 13.1 Å². The molecule has 0 atom stereocenters. The molecule has 6 nitrogen and oxygen atoms in total. The molecule has 0 fully saturated rings. The second-order valence-electron chi connectivity index (χ2n) is 4.50. The molecule has 1 aromatic heterocycles. The van der Waals surface area contributed by atoms with E-state index in [2.05, 4.69) is 9.71 Å². The van der Waals surface area contributed by atoms with Crippen molar-refractivity contribution in [3.8, 4) is 0 Å². The Hall–Kier alpha value is -1.70. The second-order valence-corrected chi connectivity index (χ2v) is 6.24. The summed E-state index contributed by atoms with van der Waals surface area (Å²) >= 11 is 0. The number of hydrogen-bond acceptors (Lipinski definition) is 5. The monoisotopic (exact) mass is 309 g/mol. The summed E-state index contributed by atoms with van der Waals surface area (Å²) in [6, 6.07) is 6.55. The van der Waals surface area contributed by atoms with E-state index in [1.807, 2.05) is 6.92 Å². The standard InChI is InChI=1S/C14H19N3O3S/c1-2-20-10-4-9-17-21(18,19)13-7-6-12(15)11-5-3-8-16-14(11)13/h3,5-8,17H,2,4,9-10,15H2,1H3. The maximum atomic E-state index is 12.4. The van der Waals surface area contributed by atoms with Crippen molar-refractivity contribution in [2.45, 2.75) is 18.2 Å². The molecule has 0 aliphatic rings. The molecule has 0 saturated heterocycles. The van der Waals surface area contributed by atoms with Crippen LogP contribution in [0, 0.1) is 0 Å². The number of nitrogens with zero attached hydrogens (tertiary/aromatic N) is 1. The van der Waals surface area contributed by atoms with E-state index in [0.717, 1.165) is 0 Å². The van der Waals surface area contributed by atoms with Crippen LogP contribution in [-0.4, -0.2) is 33.2 Å². The van der Waals surface area contributed by atoms with Gasteiger partial charge in [0.25, 0.3) is 0 Å². The maximum Gasteiger partial charge on any atom is 0.242 e. The zero-order valence-electron chi connectivity index (χ0n) is 11.9. The molecule has 0 aliphatic heterocycles. The fourth-order valence-corrected chi connectivity index (χ4v) is 3.22. The Balaban J connectivity index is 2.23. The number of nitrogens with one attached hydrogen (secondary N) is 1.